The Balaban J connectivity index is 1.58. The molecule has 0 unspecified atom stereocenters. The van der Waals surface area contributed by atoms with Crippen LogP contribution >= 0.6 is 0 Å². The van der Waals surface area contributed by atoms with Crippen molar-refractivity contribution in [2.45, 2.75) is 77.4 Å². The zero-order chi connectivity index (χ0) is 24.1. The van der Waals surface area contributed by atoms with E-state index in [1.54, 1.807) is 0 Å². The molecular weight excluding hydrogens is 436 g/mol. The normalized spacial score (nSPS) is 19.3. The third-order valence-electron chi connectivity index (χ3n) is 7.86. The molecule has 0 amide bonds. The number of H-pyrrole nitrogens is 1. The fourth-order valence-corrected chi connectivity index (χ4v) is 6.25. The maximum atomic E-state index is 13.7. The molecule has 35 heavy (non-hydrogen) atoms. The second-order valence-corrected chi connectivity index (χ2v) is 10.4. The molecule has 0 bridgehead atoms. The molecule has 2 aromatic carbocycles. The van der Waals surface area contributed by atoms with Crippen LogP contribution in [0.15, 0.2) is 47.3 Å². The molecule has 1 N–H and O–H groups in total. The summed E-state index contributed by atoms with van der Waals surface area (Å²) in [5, 5.41) is 14.3. The number of nitrogens with zero attached hydrogens (tertiary/aromatic N) is 5. The van der Waals surface area contributed by atoms with E-state index in [1.165, 1.54) is 24.8 Å². The summed E-state index contributed by atoms with van der Waals surface area (Å²) in [5.41, 5.74) is 6.23. The highest BCUT2D eigenvalue weighted by atomic mass is 16.1. The second-order valence-electron chi connectivity index (χ2n) is 10.4. The van der Waals surface area contributed by atoms with Crippen LogP contribution in [0.4, 0.5) is 5.69 Å². The Kier molecular flexibility index (Phi) is 5.43. The van der Waals surface area contributed by atoms with Gasteiger partial charge in [0.25, 0.3) is 5.56 Å². The minimum atomic E-state index is -0.376. The molecule has 1 saturated carbocycles. The molecule has 4 aromatic rings. The number of fused-ring (bicyclic) bond motifs is 2. The lowest BCUT2D eigenvalue weighted by atomic mass is 9.94. The van der Waals surface area contributed by atoms with Gasteiger partial charge in [0, 0.05) is 28.2 Å². The number of benzene rings is 2. The summed E-state index contributed by atoms with van der Waals surface area (Å²) in [6, 6.07) is 14.9. The van der Waals surface area contributed by atoms with E-state index in [2.05, 4.69) is 82.6 Å². The molecule has 0 radical (unpaired) electrons. The minimum absolute atomic E-state index is 0.0812. The summed E-state index contributed by atoms with van der Waals surface area (Å²) in [4.78, 5) is 19.2. The number of rotatable bonds is 4. The van der Waals surface area contributed by atoms with E-state index < -0.39 is 0 Å². The van der Waals surface area contributed by atoms with Crippen molar-refractivity contribution in [3.8, 4) is 0 Å². The zero-order valence-corrected chi connectivity index (χ0v) is 20.7. The quantitative estimate of drug-likeness (QED) is 0.447. The number of para-hydroxylation sites is 1. The third kappa shape index (κ3) is 3.74. The molecular formula is C28H32N6O. The Bertz CT molecular complexity index is 1450. The summed E-state index contributed by atoms with van der Waals surface area (Å²) < 4.78 is 2.02. The Morgan fingerprint density at radius 2 is 1.86 bits per heavy atom. The van der Waals surface area contributed by atoms with E-state index in [0.717, 1.165) is 52.8 Å². The van der Waals surface area contributed by atoms with Crippen LogP contribution in [0.25, 0.3) is 10.9 Å². The summed E-state index contributed by atoms with van der Waals surface area (Å²) in [6.45, 7) is 6.39. The van der Waals surface area contributed by atoms with Crippen LogP contribution < -0.4 is 10.5 Å². The van der Waals surface area contributed by atoms with E-state index in [1.807, 2.05) is 10.7 Å². The largest absolute Gasteiger partial charge is 0.354 e. The molecule has 0 saturated heterocycles. The van der Waals surface area contributed by atoms with Crippen molar-refractivity contribution in [1.82, 2.24) is 25.2 Å². The lowest BCUT2D eigenvalue weighted by molar-refractivity contribution is 0.312. The van der Waals surface area contributed by atoms with Gasteiger partial charge in [-0.2, -0.15) is 0 Å². The number of hydrogen-bond acceptors (Lipinski definition) is 5. The van der Waals surface area contributed by atoms with Crippen molar-refractivity contribution in [1.29, 1.82) is 0 Å². The van der Waals surface area contributed by atoms with Crippen LogP contribution in [0.2, 0.25) is 0 Å². The number of pyridine rings is 1. The Labute approximate surface area is 205 Å². The van der Waals surface area contributed by atoms with Crippen LogP contribution in [-0.2, 0) is 6.42 Å². The molecule has 6 rings (SSSR count). The van der Waals surface area contributed by atoms with Crippen LogP contribution in [0.1, 0.15) is 79.2 Å². The van der Waals surface area contributed by atoms with E-state index in [0.29, 0.717) is 5.56 Å². The molecule has 1 aliphatic heterocycles. The van der Waals surface area contributed by atoms with Crippen molar-refractivity contribution in [2.24, 2.45) is 0 Å². The highest BCUT2D eigenvalue weighted by molar-refractivity contribution is 5.83. The lowest BCUT2D eigenvalue weighted by Gasteiger charge is -2.34. The van der Waals surface area contributed by atoms with Gasteiger partial charge in [-0.3, -0.25) is 4.79 Å². The van der Waals surface area contributed by atoms with Gasteiger partial charge in [-0.25, -0.2) is 4.68 Å². The molecule has 180 valence electrons. The van der Waals surface area contributed by atoms with Gasteiger partial charge in [0.2, 0.25) is 0 Å². The Morgan fingerprint density at radius 3 is 2.69 bits per heavy atom. The van der Waals surface area contributed by atoms with Gasteiger partial charge in [-0.05, 0) is 85.3 Å². The average molecular weight is 469 g/mol. The molecule has 7 heteroatoms. The van der Waals surface area contributed by atoms with Crippen molar-refractivity contribution in [3.63, 3.8) is 0 Å². The number of tetrazole rings is 1. The van der Waals surface area contributed by atoms with E-state index in [9.17, 15) is 4.79 Å². The van der Waals surface area contributed by atoms with Crippen LogP contribution in [0, 0.1) is 13.8 Å². The third-order valence-corrected chi connectivity index (χ3v) is 7.86. The lowest BCUT2D eigenvalue weighted by Crippen LogP contribution is -2.39. The number of nitrogens with one attached hydrogen (secondary N) is 1. The highest BCUT2D eigenvalue weighted by Crippen LogP contribution is 2.42. The number of anilines is 1. The predicted molar refractivity (Wildman–Crippen MR) is 138 cm³/mol. The monoisotopic (exact) mass is 468 g/mol. The van der Waals surface area contributed by atoms with E-state index >= 15 is 0 Å². The Morgan fingerprint density at radius 1 is 1.06 bits per heavy atom. The van der Waals surface area contributed by atoms with Crippen molar-refractivity contribution < 1.29 is 0 Å². The molecule has 0 spiro atoms. The summed E-state index contributed by atoms with van der Waals surface area (Å²) in [5.74, 6) is 0.759. The maximum Gasteiger partial charge on any atom is 0.254 e. The fraction of sp³-hybridized carbons (Fsp3) is 0.429. The van der Waals surface area contributed by atoms with E-state index in [4.69, 9.17) is 0 Å². The van der Waals surface area contributed by atoms with Gasteiger partial charge in [-0.1, -0.05) is 43.5 Å². The summed E-state index contributed by atoms with van der Waals surface area (Å²) in [6.07, 6.45) is 6.71. The average Bonchev–Trinajstić information content (AvgIpc) is 3.45. The van der Waals surface area contributed by atoms with Gasteiger partial charge in [0.15, 0.2) is 5.82 Å². The number of aromatic amines is 1. The molecule has 2 aliphatic rings. The fourth-order valence-electron chi connectivity index (χ4n) is 6.25. The molecule has 2 aromatic heterocycles. The molecule has 3 heterocycles. The van der Waals surface area contributed by atoms with Crippen LogP contribution in [-0.4, -0.2) is 31.2 Å². The number of hydrogen-bond donors (Lipinski definition) is 1. The van der Waals surface area contributed by atoms with Crippen LogP contribution in [0.5, 0.6) is 0 Å². The topological polar surface area (TPSA) is 79.7 Å². The van der Waals surface area contributed by atoms with Crippen molar-refractivity contribution in [3.05, 3.63) is 80.9 Å². The molecule has 1 fully saturated rings. The smallest absolute Gasteiger partial charge is 0.254 e. The first-order valence-electron chi connectivity index (χ1n) is 12.8. The first-order valence-corrected chi connectivity index (χ1v) is 12.8. The van der Waals surface area contributed by atoms with Crippen molar-refractivity contribution >= 4 is 16.6 Å². The van der Waals surface area contributed by atoms with Gasteiger partial charge in [0.05, 0.1) is 6.04 Å². The molecule has 7 nitrogen and oxygen atoms in total. The first kappa shape index (κ1) is 22.0. The van der Waals surface area contributed by atoms with Gasteiger partial charge in [-0.15, -0.1) is 5.10 Å². The molecule has 2 atom stereocenters. The Hall–Kier alpha value is -3.48. The maximum absolute atomic E-state index is 13.7. The number of aromatic nitrogens is 5. The number of aryl methyl sites for hydroxylation is 2. The summed E-state index contributed by atoms with van der Waals surface area (Å²) in [7, 11) is 0. The van der Waals surface area contributed by atoms with Gasteiger partial charge >= 0.3 is 0 Å². The predicted octanol–water partition coefficient (Wildman–Crippen LogP) is 5.18. The van der Waals surface area contributed by atoms with Crippen LogP contribution in [0.3, 0.4) is 0 Å². The summed E-state index contributed by atoms with van der Waals surface area (Å²) >= 11 is 0. The molecule has 1 aliphatic carbocycles. The SMILES string of the molecule is Cc1cc(C)c2cc([C@H](c3nnnn3C3CCCCC3)N3c4ccccc4C[C@H]3C)c(=O)[nH]c2c1. The minimum Gasteiger partial charge on any atom is -0.354 e. The highest BCUT2D eigenvalue weighted by Gasteiger charge is 2.39. The second kappa shape index (κ2) is 8.63. The first-order chi connectivity index (χ1) is 17.0. The van der Waals surface area contributed by atoms with Crippen molar-refractivity contribution in [2.75, 3.05) is 4.90 Å². The van der Waals surface area contributed by atoms with Gasteiger partial charge < -0.3 is 9.88 Å². The zero-order valence-electron chi connectivity index (χ0n) is 20.7. The van der Waals surface area contributed by atoms with Gasteiger partial charge in [0.1, 0.15) is 6.04 Å². The van der Waals surface area contributed by atoms with E-state index in [-0.39, 0.29) is 23.7 Å². The standard InChI is InChI=1S/C28H32N6O/c1-17-13-18(2)22-16-23(28(35)29-24(22)14-17)26(33-19(3)15-20-9-7-8-12-25(20)33)27-30-31-32-34(27)21-10-5-4-6-11-21/h7-9,12-14,16,19,21,26H,4-6,10-11,15H2,1-3H3,(H,29,35)/t19-,26-/m1/s1.